The normalized spacial score (nSPS) is 15.0. The molecule has 4 rings (SSSR count). The highest BCUT2D eigenvalue weighted by atomic mass is 19.1. The van der Waals surface area contributed by atoms with Gasteiger partial charge < -0.3 is 10.2 Å². The van der Waals surface area contributed by atoms with Gasteiger partial charge in [0.05, 0.1) is 22.5 Å². The van der Waals surface area contributed by atoms with E-state index in [9.17, 15) is 19.4 Å². The summed E-state index contributed by atoms with van der Waals surface area (Å²) in [4.78, 5) is 17.3. The fraction of sp³-hybridized carbons (Fsp3) is 0.227. The Morgan fingerprint density at radius 3 is 2.62 bits per heavy atom. The highest BCUT2D eigenvalue weighted by Crippen LogP contribution is 2.21. The predicted molar refractivity (Wildman–Crippen MR) is 103 cm³/mol. The van der Waals surface area contributed by atoms with Crippen molar-refractivity contribution in [1.29, 1.82) is 5.26 Å². The van der Waals surface area contributed by atoms with E-state index in [0.717, 1.165) is 6.07 Å². The van der Waals surface area contributed by atoms with Gasteiger partial charge in [-0.1, -0.05) is 11.8 Å². The molecule has 0 saturated heterocycles. The fourth-order valence-electron chi connectivity index (χ4n) is 3.36. The fourth-order valence-corrected chi connectivity index (χ4v) is 3.36. The SMILES string of the molecule is N#Cc1cc(F)cc(C#Cc2ccc3c(=O)n4c(nc3c2)CCC(O)(O)CC4)c1. The second-order valence-electron chi connectivity index (χ2n) is 7.04. The number of benzene rings is 2. The van der Waals surface area contributed by atoms with E-state index >= 15 is 0 Å². The van der Waals surface area contributed by atoms with Crippen LogP contribution in [0.2, 0.25) is 0 Å². The molecule has 0 atom stereocenters. The molecular weight excluding hydrogens is 373 g/mol. The average molecular weight is 389 g/mol. The van der Waals surface area contributed by atoms with Crippen molar-refractivity contribution in [3.63, 3.8) is 0 Å². The monoisotopic (exact) mass is 389 g/mol. The van der Waals surface area contributed by atoms with Crippen LogP contribution >= 0.6 is 0 Å². The maximum absolute atomic E-state index is 13.5. The van der Waals surface area contributed by atoms with Gasteiger partial charge in [-0.2, -0.15) is 5.26 Å². The Balaban J connectivity index is 1.74. The summed E-state index contributed by atoms with van der Waals surface area (Å²) < 4.78 is 15.0. The Morgan fingerprint density at radius 1 is 1.07 bits per heavy atom. The van der Waals surface area contributed by atoms with Crippen molar-refractivity contribution in [2.45, 2.75) is 31.6 Å². The maximum Gasteiger partial charge on any atom is 0.261 e. The molecule has 0 saturated carbocycles. The Hall–Kier alpha value is -3.52. The maximum atomic E-state index is 13.5. The van der Waals surface area contributed by atoms with Crippen LogP contribution in [0.25, 0.3) is 10.9 Å². The second kappa shape index (κ2) is 7.14. The Bertz CT molecular complexity index is 1290. The number of aromatic nitrogens is 2. The highest BCUT2D eigenvalue weighted by molar-refractivity contribution is 5.79. The first-order valence-corrected chi connectivity index (χ1v) is 9.06. The highest BCUT2D eigenvalue weighted by Gasteiger charge is 2.28. The smallest absolute Gasteiger partial charge is 0.261 e. The first-order chi connectivity index (χ1) is 13.8. The van der Waals surface area contributed by atoms with Gasteiger partial charge in [-0.25, -0.2) is 9.37 Å². The van der Waals surface area contributed by atoms with Crippen molar-refractivity contribution >= 4 is 10.9 Å². The lowest BCUT2D eigenvalue weighted by molar-refractivity contribution is -0.169. The van der Waals surface area contributed by atoms with Crippen LogP contribution in [-0.4, -0.2) is 25.6 Å². The number of halogens is 1. The van der Waals surface area contributed by atoms with Crippen LogP contribution in [0.3, 0.4) is 0 Å². The van der Waals surface area contributed by atoms with E-state index in [2.05, 4.69) is 16.8 Å². The number of hydrogen-bond acceptors (Lipinski definition) is 5. The van der Waals surface area contributed by atoms with Gasteiger partial charge in [0.1, 0.15) is 11.6 Å². The van der Waals surface area contributed by atoms with E-state index in [1.807, 2.05) is 6.07 Å². The Morgan fingerprint density at radius 2 is 1.83 bits per heavy atom. The third-order valence-electron chi connectivity index (χ3n) is 4.90. The summed E-state index contributed by atoms with van der Waals surface area (Å²) in [6, 6.07) is 10.7. The third-order valence-corrected chi connectivity index (χ3v) is 4.90. The molecule has 144 valence electrons. The molecule has 0 unspecified atom stereocenters. The molecule has 29 heavy (non-hydrogen) atoms. The summed E-state index contributed by atoms with van der Waals surface area (Å²) >= 11 is 0. The van der Waals surface area contributed by atoms with Gasteiger partial charge in [0.15, 0.2) is 5.79 Å². The van der Waals surface area contributed by atoms with Crippen molar-refractivity contribution in [2.24, 2.45) is 0 Å². The van der Waals surface area contributed by atoms with Gasteiger partial charge >= 0.3 is 0 Å². The van der Waals surface area contributed by atoms with Gasteiger partial charge in [0, 0.05) is 36.9 Å². The summed E-state index contributed by atoms with van der Waals surface area (Å²) in [7, 11) is 0. The largest absolute Gasteiger partial charge is 0.366 e. The van der Waals surface area contributed by atoms with Crippen molar-refractivity contribution < 1.29 is 14.6 Å². The van der Waals surface area contributed by atoms with Gasteiger partial charge in [-0.15, -0.1) is 0 Å². The number of nitriles is 1. The molecule has 0 spiro atoms. The molecule has 0 amide bonds. The summed E-state index contributed by atoms with van der Waals surface area (Å²) in [6.07, 6.45) is 0.439. The Kier molecular flexibility index (Phi) is 4.63. The summed E-state index contributed by atoms with van der Waals surface area (Å²) in [5.41, 5.74) is 1.39. The molecule has 1 aromatic heterocycles. The van der Waals surface area contributed by atoms with Gasteiger partial charge in [0.2, 0.25) is 0 Å². The van der Waals surface area contributed by atoms with Crippen LogP contribution in [0.4, 0.5) is 4.39 Å². The second-order valence-corrected chi connectivity index (χ2v) is 7.04. The van der Waals surface area contributed by atoms with Crippen LogP contribution in [0, 0.1) is 29.0 Å². The minimum Gasteiger partial charge on any atom is -0.366 e. The molecule has 2 aromatic carbocycles. The minimum absolute atomic E-state index is 0.0645. The van der Waals surface area contributed by atoms with Crippen molar-refractivity contribution in [2.75, 3.05) is 0 Å². The summed E-state index contributed by atoms with van der Waals surface area (Å²) in [5.74, 6) is 3.88. The molecule has 2 N–H and O–H groups in total. The summed E-state index contributed by atoms with van der Waals surface area (Å²) in [6.45, 7) is 0.187. The van der Waals surface area contributed by atoms with E-state index < -0.39 is 11.6 Å². The molecule has 1 aliphatic rings. The third kappa shape index (κ3) is 3.88. The van der Waals surface area contributed by atoms with Crippen molar-refractivity contribution in [3.8, 4) is 17.9 Å². The first-order valence-electron chi connectivity index (χ1n) is 9.06. The van der Waals surface area contributed by atoms with Crippen LogP contribution in [0.5, 0.6) is 0 Å². The average Bonchev–Trinajstić information content (AvgIpc) is 2.84. The van der Waals surface area contributed by atoms with Crippen LogP contribution in [0.15, 0.2) is 41.2 Å². The number of nitrogens with zero attached hydrogens (tertiary/aromatic N) is 3. The molecule has 0 bridgehead atoms. The van der Waals surface area contributed by atoms with Gasteiger partial charge in [0.25, 0.3) is 5.56 Å². The van der Waals surface area contributed by atoms with E-state index in [1.165, 1.54) is 16.7 Å². The summed E-state index contributed by atoms with van der Waals surface area (Å²) in [5, 5.41) is 29.1. The zero-order valence-electron chi connectivity index (χ0n) is 15.3. The number of fused-ring (bicyclic) bond motifs is 2. The molecule has 0 aliphatic carbocycles. The van der Waals surface area contributed by atoms with E-state index in [1.54, 1.807) is 18.2 Å². The first kappa shape index (κ1) is 18.8. The topological polar surface area (TPSA) is 99.1 Å². The zero-order valence-corrected chi connectivity index (χ0v) is 15.3. The molecule has 1 aliphatic heterocycles. The van der Waals surface area contributed by atoms with Gasteiger partial charge in [-0.3, -0.25) is 9.36 Å². The number of rotatable bonds is 0. The molecule has 0 radical (unpaired) electrons. The van der Waals surface area contributed by atoms with Crippen LogP contribution < -0.4 is 5.56 Å². The lowest BCUT2D eigenvalue weighted by Crippen LogP contribution is -2.29. The molecule has 0 fully saturated rings. The van der Waals surface area contributed by atoms with Crippen molar-refractivity contribution in [3.05, 3.63) is 75.1 Å². The lowest BCUT2D eigenvalue weighted by Gasteiger charge is -2.17. The van der Waals surface area contributed by atoms with E-state index in [-0.39, 0.29) is 36.9 Å². The molecule has 2 heterocycles. The number of aliphatic hydroxyl groups is 2. The zero-order chi connectivity index (χ0) is 20.6. The van der Waals surface area contributed by atoms with Crippen LogP contribution in [-0.2, 0) is 13.0 Å². The molecule has 7 heteroatoms. The van der Waals surface area contributed by atoms with E-state index in [4.69, 9.17) is 5.26 Å². The standard InChI is InChI=1S/C22H16FN3O3/c23-17-10-15(9-16(11-17)13-24)2-1-14-3-4-18-19(12-14)25-20-5-6-22(28,29)7-8-26(20)21(18)27/h3-4,9-12,28-29H,5-8H2. The van der Waals surface area contributed by atoms with E-state index in [0.29, 0.717) is 27.9 Å². The van der Waals surface area contributed by atoms with Crippen molar-refractivity contribution in [1.82, 2.24) is 9.55 Å². The minimum atomic E-state index is -1.81. The lowest BCUT2D eigenvalue weighted by atomic mass is 10.1. The predicted octanol–water partition coefficient (Wildman–Crippen LogP) is 1.82. The molecular formula is C22H16FN3O3. The van der Waals surface area contributed by atoms with Crippen LogP contribution in [0.1, 0.15) is 35.4 Å². The Labute approximate surface area is 165 Å². The number of aryl methyl sites for hydroxylation is 1. The molecule has 6 nitrogen and oxygen atoms in total. The van der Waals surface area contributed by atoms with Gasteiger partial charge in [-0.05, 0) is 36.4 Å². The number of hydrogen-bond donors (Lipinski definition) is 2. The quantitative estimate of drug-likeness (QED) is 0.451. The molecule has 3 aromatic rings.